The summed E-state index contributed by atoms with van der Waals surface area (Å²) in [6.07, 6.45) is 1.62. The first-order valence-corrected chi connectivity index (χ1v) is 8.69. The smallest absolute Gasteiger partial charge is 0.216 e. The van der Waals surface area contributed by atoms with Crippen molar-refractivity contribution in [3.05, 3.63) is 46.7 Å². The number of hydrogen-bond donors (Lipinski definition) is 1. The maximum atomic E-state index is 5.43. The van der Waals surface area contributed by atoms with E-state index in [2.05, 4.69) is 15.3 Å². The molecule has 0 atom stereocenters. The van der Waals surface area contributed by atoms with Crippen LogP contribution in [0.15, 0.2) is 41.5 Å². The van der Waals surface area contributed by atoms with Gasteiger partial charge >= 0.3 is 0 Å². The van der Waals surface area contributed by atoms with Crippen molar-refractivity contribution in [3.8, 4) is 34.4 Å². The summed E-state index contributed by atoms with van der Waals surface area (Å²) in [6.45, 7) is 0. The van der Waals surface area contributed by atoms with Crippen molar-refractivity contribution >= 4 is 18.4 Å². The molecule has 9 heteroatoms. The molecule has 0 spiro atoms. The zero-order chi connectivity index (χ0) is 20.1. The quantitative estimate of drug-likeness (QED) is 0.483. The predicted octanol–water partition coefficient (Wildman–Crippen LogP) is 3.52. The summed E-state index contributed by atoms with van der Waals surface area (Å²) in [5.41, 5.74) is 1.45. The minimum atomic E-state index is 0.344. The lowest BCUT2D eigenvalue weighted by molar-refractivity contribution is 0.349. The molecule has 0 saturated heterocycles. The Morgan fingerprint density at radius 1 is 0.929 bits per heavy atom. The van der Waals surface area contributed by atoms with Gasteiger partial charge in [0.05, 0.1) is 40.2 Å². The number of nitrogens with one attached hydrogen (secondary N) is 1. The number of aromatic amines is 1. The van der Waals surface area contributed by atoms with E-state index in [0.717, 1.165) is 5.56 Å². The SMILES string of the molecule is COc1cc(OC)c(OC)cc1/C=N/n1c(-c2ccccc2OC)n[nH]c1=S. The zero-order valence-corrected chi connectivity index (χ0v) is 16.7. The van der Waals surface area contributed by atoms with E-state index < -0.39 is 0 Å². The van der Waals surface area contributed by atoms with Crippen LogP contribution in [0.4, 0.5) is 0 Å². The highest BCUT2D eigenvalue weighted by atomic mass is 32.1. The van der Waals surface area contributed by atoms with E-state index >= 15 is 0 Å². The Bertz CT molecular complexity index is 1060. The van der Waals surface area contributed by atoms with Gasteiger partial charge in [-0.05, 0) is 30.4 Å². The van der Waals surface area contributed by atoms with Crippen LogP contribution in [-0.4, -0.2) is 49.5 Å². The third kappa shape index (κ3) is 3.70. The molecule has 0 bridgehead atoms. The van der Waals surface area contributed by atoms with Crippen LogP contribution in [0, 0.1) is 4.77 Å². The fourth-order valence-electron chi connectivity index (χ4n) is 2.68. The molecule has 146 valence electrons. The van der Waals surface area contributed by atoms with E-state index in [1.54, 1.807) is 46.8 Å². The van der Waals surface area contributed by atoms with Crippen LogP contribution in [0.2, 0.25) is 0 Å². The monoisotopic (exact) mass is 400 g/mol. The Labute approximate surface area is 167 Å². The van der Waals surface area contributed by atoms with Gasteiger partial charge in [0, 0.05) is 11.6 Å². The van der Waals surface area contributed by atoms with E-state index in [9.17, 15) is 0 Å². The Kier molecular flexibility index (Phi) is 5.95. The molecule has 8 nitrogen and oxygen atoms in total. The summed E-state index contributed by atoms with van der Waals surface area (Å²) >= 11 is 5.33. The summed E-state index contributed by atoms with van der Waals surface area (Å²) in [7, 11) is 6.30. The normalized spacial score (nSPS) is 10.9. The number of hydrogen-bond acceptors (Lipinski definition) is 7. The molecule has 0 aliphatic carbocycles. The predicted molar refractivity (Wildman–Crippen MR) is 108 cm³/mol. The minimum absolute atomic E-state index is 0.344. The van der Waals surface area contributed by atoms with Crippen molar-refractivity contribution in [1.82, 2.24) is 14.9 Å². The number of aromatic nitrogens is 3. The molecule has 1 heterocycles. The van der Waals surface area contributed by atoms with Crippen molar-refractivity contribution in [2.75, 3.05) is 28.4 Å². The van der Waals surface area contributed by atoms with Gasteiger partial charge in [0.1, 0.15) is 11.5 Å². The molecule has 3 aromatic rings. The third-order valence-corrected chi connectivity index (χ3v) is 4.31. The number of benzene rings is 2. The van der Waals surface area contributed by atoms with E-state index in [1.807, 2.05) is 24.3 Å². The average Bonchev–Trinajstić information content (AvgIpc) is 3.11. The van der Waals surface area contributed by atoms with E-state index in [4.69, 9.17) is 31.2 Å². The topological polar surface area (TPSA) is 82.9 Å². The molecule has 0 aliphatic heterocycles. The first-order chi connectivity index (χ1) is 13.6. The second-order valence-electron chi connectivity index (χ2n) is 5.56. The van der Waals surface area contributed by atoms with Gasteiger partial charge in [-0.2, -0.15) is 14.9 Å². The number of H-pyrrole nitrogens is 1. The van der Waals surface area contributed by atoms with Gasteiger partial charge in [-0.15, -0.1) is 0 Å². The lowest BCUT2D eigenvalue weighted by Crippen LogP contribution is -1.99. The van der Waals surface area contributed by atoms with Gasteiger partial charge in [-0.1, -0.05) is 12.1 Å². The van der Waals surface area contributed by atoms with Crippen LogP contribution in [0.25, 0.3) is 11.4 Å². The first-order valence-electron chi connectivity index (χ1n) is 8.28. The molecule has 0 unspecified atom stereocenters. The summed E-state index contributed by atoms with van der Waals surface area (Å²) in [6, 6.07) is 11.0. The number of para-hydroxylation sites is 1. The highest BCUT2D eigenvalue weighted by molar-refractivity contribution is 7.71. The lowest BCUT2D eigenvalue weighted by atomic mass is 10.2. The zero-order valence-electron chi connectivity index (χ0n) is 15.9. The van der Waals surface area contributed by atoms with Crippen LogP contribution < -0.4 is 18.9 Å². The van der Waals surface area contributed by atoms with Crippen molar-refractivity contribution in [3.63, 3.8) is 0 Å². The molecule has 0 saturated carbocycles. The van der Waals surface area contributed by atoms with Crippen molar-refractivity contribution in [1.29, 1.82) is 0 Å². The second kappa shape index (κ2) is 8.57. The number of ether oxygens (including phenoxy) is 4. The molecule has 2 aromatic carbocycles. The number of methoxy groups -OCH3 is 4. The van der Waals surface area contributed by atoms with Gasteiger partial charge in [0.2, 0.25) is 4.77 Å². The highest BCUT2D eigenvalue weighted by Gasteiger charge is 2.14. The Balaban J connectivity index is 2.07. The molecule has 1 aromatic heterocycles. The average molecular weight is 400 g/mol. The van der Waals surface area contributed by atoms with Crippen molar-refractivity contribution < 1.29 is 18.9 Å². The van der Waals surface area contributed by atoms with Crippen molar-refractivity contribution in [2.45, 2.75) is 0 Å². The maximum Gasteiger partial charge on any atom is 0.216 e. The van der Waals surface area contributed by atoms with Gasteiger partial charge in [0.25, 0.3) is 0 Å². The first kappa shape index (κ1) is 19.4. The highest BCUT2D eigenvalue weighted by Crippen LogP contribution is 2.34. The van der Waals surface area contributed by atoms with Crippen LogP contribution >= 0.6 is 12.2 Å². The molecule has 28 heavy (non-hydrogen) atoms. The fourth-order valence-corrected chi connectivity index (χ4v) is 2.86. The van der Waals surface area contributed by atoms with Crippen LogP contribution in [0.1, 0.15) is 5.56 Å². The van der Waals surface area contributed by atoms with Crippen molar-refractivity contribution in [2.24, 2.45) is 5.10 Å². The Morgan fingerprint density at radius 3 is 2.25 bits per heavy atom. The molecular formula is C19H20N4O4S. The van der Waals surface area contributed by atoms with Gasteiger partial charge < -0.3 is 18.9 Å². The summed E-state index contributed by atoms with van der Waals surface area (Å²) < 4.78 is 23.4. The van der Waals surface area contributed by atoms with E-state index in [1.165, 1.54) is 4.68 Å². The summed E-state index contributed by atoms with van der Waals surface area (Å²) in [5, 5.41) is 11.5. The van der Waals surface area contributed by atoms with Crippen LogP contribution in [-0.2, 0) is 0 Å². The molecule has 1 N–H and O–H groups in total. The lowest BCUT2D eigenvalue weighted by Gasteiger charge is -2.12. The number of nitrogens with zero attached hydrogens (tertiary/aromatic N) is 3. The molecule has 0 fully saturated rings. The van der Waals surface area contributed by atoms with Gasteiger partial charge in [-0.3, -0.25) is 0 Å². The van der Waals surface area contributed by atoms with Crippen LogP contribution in [0.5, 0.6) is 23.0 Å². The molecule has 0 radical (unpaired) electrons. The molecule has 0 aliphatic rings. The third-order valence-electron chi connectivity index (χ3n) is 4.05. The van der Waals surface area contributed by atoms with E-state index in [-0.39, 0.29) is 0 Å². The fraction of sp³-hybridized carbons (Fsp3) is 0.211. The maximum absolute atomic E-state index is 5.43. The summed E-state index contributed by atoms with van der Waals surface area (Å²) in [5.74, 6) is 2.89. The standard InChI is InChI=1S/C19H20N4O4S/c1-24-14-8-6-5-7-13(14)18-21-22-19(28)23(18)20-11-12-9-16(26-3)17(27-4)10-15(12)25-2/h5-11H,1-4H3,(H,22,28)/b20-11+. The molecule has 3 rings (SSSR count). The molecule has 0 amide bonds. The minimum Gasteiger partial charge on any atom is -0.496 e. The number of rotatable bonds is 7. The Morgan fingerprint density at radius 2 is 1.57 bits per heavy atom. The van der Waals surface area contributed by atoms with Crippen LogP contribution in [0.3, 0.4) is 0 Å². The van der Waals surface area contributed by atoms with E-state index in [0.29, 0.717) is 39.2 Å². The second-order valence-corrected chi connectivity index (χ2v) is 5.94. The van der Waals surface area contributed by atoms with Gasteiger partial charge in [0.15, 0.2) is 17.3 Å². The summed E-state index contributed by atoms with van der Waals surface area (Å²) in [4.78, 5) is 0. The largest absolute Gasteiger partial charge is 0.496 e. The molecular weight excluding hydrogens is 380 g/mol. The van der Waals surface area contributed by atoms with Gasteiger partial charge in [-0.25, -0.2) is 5.10 Å². The Hall–Kier alpha value is -3.33.